The largest absolute Gasteiger partial charge is 0.381 e. The van der Waals surface area contributed by atoms with Gasteiger partial charge in [-0.2, -0.15) is 4.98 Å². The molecule has 0 unspecified atom stereocenters. The number of hydrogen-bond acceptors (Lipinski definition) is 5. The first kappa shape index (κ1) is 14.2. The van der Waals surface area contributed by atoms with Gasteiger partial charge in [-0.05, 0) is 32.3 Å². The highest BCUT2D eigenvalue weighted by Crippen LogP contribution is 2.28. The van der Waals surface area contributed by atoms with Crippen LogP contribution in [-0.2, 0) is 16.7 Å². The molecule has 0 radical (unpaired) electrons. The van der Waals surface area contributed by atoms with Gasteiger partial charge in [0.15, 0.2) is 5.82 Å². The summed E-state index contributed by atoms with van der Waals surface area (Å²) in [6, 6.07) is 6.45. The summed E-state index contributed by atoms with van der Waals surface area (Å²) in [5.41, 5.74) is 9.50. The summed E-state index contributed by atoms with van der Waals surface area (Å²) >= 11 is 0. The van der Waals surface area contributed by atoms with Gasteiger partial charge in [0.25, 0.3) is 0 Å². The van der Waals surface area contributed by atoms with Crippen LogP contribution in [0.3, 0.4) is 0 Å². The van der Waals surface area contributed by atoms with Crippen LogP contribution in [0.2, 0.25) is 0 Å². The van der Waals surface area contributed by atoms with E-state index in [0.717, 1.165) is 12.8 Å². The van der Waals surface area contributed by atoms with Crippen LogP contribution in [0.5, 0.6) is 0 Å². The summed E-state index contributed by atoms with van der Waals surface area (Å²) in [5.74, 6) is 1.22. The second-order valence-corrected chi connectivity index (χ2v) is 5.96. The smallest absolute Gasteiger partial charge is 0.246 e. The number of nitrogens with zero attached hydrogens (tertiary/aromatic N) is 2. The lowest BCUT2D eigenvalue weighted by Crippen LogP contribution is -2.42. The first-order valence-electron chi connectivity index (χ1n) is 7.32. The van der Waals surface area contributed by atoms with Gasteiger partial charge in [-0.25, -0.2) is 0 Å². The highest BCUT2D eigenvalue weighted by atomic mass is 16.5. The number of hydrogen-bond donors (Lipinski definition) is 1. The predicted molar refractivity (Wildman–Crippen MR) is 78.9 cm³/mol. The van der Waals surface area contributed by atoms with Crippen molar-refractivity contribution >= 4 is 0 Å². The van der Waals surface area contributed by atoms with E-state index in [2.05, 4.69) is 42.2 Å². The van der Waals surface area contributed by atoms with Gasteiger partial charge < -0.3 is 15.0 Å². The van der Waals surface area contributed by atoms with Crippen molar-refractivity contribution in [3.8, 4) is 0 Å². The zero-order chi connectivity index (χ0) is 14.9. The molecule has 1 aromatic heterocycles. The molecule has 1 aliphatic rings. The fourth-order valence-corrected chi connectivity index (χ4v) is 2.83. The highest BCUT2D eigenvalue weighted by Gasteiger charge is 2.35. The Hall–Kier alpha value is -1.72. The summed E-state index contributed by atoms with van der Waals surface area (Å²) in [5, 5.41) is 4.08. The number of rotatable bonds is 3. The number of aryl methyl sites for hydroxylation is 2. The maximum atomic E-state index is 6.36. The quantitative estimate of drug-likeness (QED) is 0.937. The normalized spacial score (nSPS) is 17.9. The van der Waals surface area contributed by atoms with Gasteiger partial charge in [0.1, 0.15) is 5.54 Å². The van der Waals surface area contributed by atoms with E-state index in [9.17, 15) is 0 Å². The predicted octanol–water partition coefficient (Wildman–Crippen LogP) is 2.24. The van der Waals surface area contributed by atoms with E-state index in [4.69, 9.17) is 15.0 Å². The second kappa shape index (κ2) is 5.58. The van der Waals surface area contributed by atoms with E-state index in [0.29, 0.717) is 31.3 Å². The Kier molecular flexibility index (Phi) is 3.78. The summed E-state index contributed by atoms with van der Waals surface area (Å²) in [7, 11) is 0. The third kappa shape index (κ3) is 3.14. The molecule has 1 fully saturated rings. The average Bonchev–Trinajstić information content (AvgIpc) is 2.87. The Bertz CT molecular complexity index is 610. The van der Waals surface area contributed by atoms with Gasteiger partial charge in [0.05, 0.1) is 0 Å². The van der Waals surface area contributed by atoms with Crippen molar-refractivity contribution in [1.82, 2.24) is 10.1 Å². The van der Waals surface area contributed by atoms with Gasteiger partial charge in [0.2, 0.25) is 5.89 Å². The lowest BCUT2D eigenvalue weighted by atomic mass is 9.91. The molecule has 5 heteroatoms. The van der Waals surface area contributed by atoms with E-state index in [1.807, 2.05) is 0 Å². The Labute approximate surface area is 124 Å². The molecular formula is C16H21N3O2. The molecule has 1 saturated heterocycles. The zero-order valence-corrected chi connectivity index (χ0v) is 12.6. The van der Waals surface area contributed by atoms with Crippen molar-refractivity contribution in [2.24, 2.45) is 5.73 Å². The summed E-state index contributed by atoms with van der Waals surface area (Å²) in [6.07, 6.45) is 2.11. The van der Waals surface area contributed by atoms with E-state index in [1.165, 1.54) is 16.7 Å². The monoisotopic (exact) mass is 287 g/mol. The molecular weight excluding hydrogens is 266 g/mol. The third-order valence-electron chi connectivity index (χ3n) is 3.92. The standard InChI is InChI=1S/C16H21N3O2/c1-11-7-12(2)9-13(8-11)10-14-18-15(21-19-14)16(17)3-5-20-6-4-16/h7-9H,3-6,10,17H2,1-2H3. The lowest BCUT2D eigenvalue weighted by molar-refractivity contribution is 0.0400. The number of ether oxygens (including phenoxy) is 1. The maximum absolute atomic E-state index is 6.36. The van der Waals surface area contributed by atoms with Crippen LogP contribution in [0.4, 0.5) is 0 Å². The Morgan fingerprint density at radius 2 is 1.81 bits per heavy atom. The number of nitrogens with two attached hydrogens (primary N) is 1. The molecule has 0 saturated carbocycles. The zero-order valence-electron chi connectivity index (χ0n) is 12.6. The molecule has 112 valence electrons. The van der Waals surface area contributed by atoms with Crippen molar-refractivity contribution in [1.29, 1.82) is 0 Å². The Morgan fingerprint density at radius 1 is 1.14 bits per heavy atom. The van der Waals surface area contributed by atoms with Crippen LogP contribution in [0, 0.1) is 13.8 Å². The van der Waals surface area contributed by atoms with Crippen molar-refractivity contribution in [3.63, 3.8) is 0 Å². The molecule has 5 nitrogen and oxygen atoms in total. The number of benzene rings is 1. The SMILES string of the molecule is Cc1cc(C)cc(Cc2noc(C3(N)CCOCC3)n2)c1. The van der Waals surface area contributed by atoms with Crippen molar-refractivity contribution in [2.75, 3.05) is 13.2 Å². The van der Waals surface area contributed by atoms with E-state index in [-0.39, 0.29) is 0 Å². The number of aromatic nitrogens is 2. The molecule has 0 aliphatic carbocycles. The fourth-order valence-electron chi connectivity index (χ4n) is 2.83. The van der Waals surface area contributed by atoms with Crippen LogP contribution >= 0.6 is 0 Å². The van der Waals surface area contributed by atoms with Crippen LogP contribution in [0.15, 0.2) is 22.7 Å². The molecule has 0 amide bonds. The Balaban J connectivity index is 1.78. The van der Waals surface area contributed by atoms with Gasteiger partial charge in [-0.15, -0.1) is 0 Å². The summed E-state index contributed by atoms with van der Waals surface area (Å²) < 4.78 is 10.7. The molecule has 0 atom stereocenters. The lowest BCUT2D eigenvalue weighted by Gasteiger charge is -2.29. The summed E-state index contributed by atoms with van der Waals surface area (Å²) in [6.45, 7) is 5.47. The van der Waals surface area contributed by atoms with Crippen molar-refractivity contribution in [2.45, 2.75) is 38.6 Å². The topological polar surface area (TPSA) is 74.2 Å². The van der Waals surface area contributed by atoms with E-state index >= 15 is 0 Å². The molecule has 0 bridgehead atoms. The van der Waals surface area contributed by atoms with Crippen LogP contribution in [-0.4, -0.2) is 23.4 Å². The molecule has 3 rings (SSSR count). The minimum atomic E-state index is -0.536. The van der Waals surface area contributed by atoms with Crippen molar-refractivity contribution < 1.29 is 9.26 Å². The molecule has 1 aliphatic heterocycles. The van der Waals surface area contributed by atoms with Crippen LogP contribution in [0.25, 0.3) is 0 Å². The van der Waals surface area contributed by atoms with Crippen LogP contribution in [0.1, 0.15) is 41.2 Å². The minimum absolute atomic E-state index is 0.533. The van der Waals surface area contributed by atoms with E-state index in [1.54, 1.807) is 0 Å². The Morgan fingerprint density at radius 3 is 2.48 bits per heavy atom. The van der Waals surface area contributed by atoms with Crippen molar-refractivity contribution in [3.05, 3.63) is 46.6 Å². The molecule has 21 heavy (non-hydrogen) atoms. The van der Waals surface area contributed by atoms with Gasteiger partial charge >= 0.3 is 0 Å². The van der Waals surface area contributed by atoms with Gasteiger partial charge in [0, 0.05) is 19.6 Å². The first-order valence-corrected chi connectivity index (χ1v) is 7.32. The maximum Gasteiger partial charge on any atom is 0.246 e. The molecule has 0 spiro atoms. The van der Waals surface area contributed by atoms with Gasteiger partial charge in [-0.1, -0.05) is 34.5 Å². The molecule has 2 heterocycles. The van der Waals surface area contributed by atoms with Crippen LogP contribution < -0.4 is 5.73 Å². The second-order valence-electron chi connectivity index (χ2n) is 5.96. The highest BCUT2D eigenvalue weighted by molar-refractivity contribution is 5.30. The molecule has 2 N–H and O–H groups in total. The third-order valence-corrected chi connectivity index (χ3v) is 3.92. The average molecular weight is 287 g/mol. The first-order chi connectivity index (χ1) is 10.0. The van der Waals surface area contributed by atoms with Gasteiger partial charge in [-0.3, -0.25) is 0 Å². The minimum Gasteiger partial charge on any atom is -0.381 e. The molecule has 1 aromatic carbocycles. The fraction of sp³-hybridized carbons (Fsp3) is 0.500. The molecule has 2 aromatic rings. The van der Waals surface area contributed by atoms with E-state index < -0.39 is 5.54 Å². The summed E-state index contributed by atoms with van der Waals surface area (Å²) in [4.78, 5) is 4.50.